The molecule has 0 radical (unpaired) electrons. The van der Waals surface area contributed by atoms with E-state index in [1.807, 2.05) is 0 Å². The highest BCUT2D eigenvalue weighted by molar-refractivity contribution is 5.95. The molecule has 6 heteroatoms. The van der Waals surface area contributed by atoms with E-state index >= 15 is 0 Å². The van der Waals surface area contributed by atoms with Crippen LogP contribution in [0.15, 0.2) is 18.2 Å². The van der Waals surface area contributed by atoms with Crippen molar-refractivity contribution in [3.05, 3.63) is 39.4 Å². The van der Waals surface area contributed by atoms with E-state index in [2.05, 4.69) is 5.32 Å². The first kappa shape index (κ1) is 13.5. The van der Waals surface area contributed by atoms with E-state index in [1.54, 1.807) is 19.1 Å². The Morgan fingerprint density at radius 1 is 1.47 bits per heavy atom. The van der Waals surface area contributed by atoms with Crippen molar-refractivity contribution in [2.75, 3.05) is 0 Å². The van der Waals surface area contributed by atoms with Gasteiger partial charge in [0, 0.05) is 29.3 Å². The summed E-state index contributed by atoms with van der Waals surface area (Å²) in [5.74, 6) is -0.301. The van der Waals surface area contributed by atoms with Gasteiger partial charge >= 0.3 is 0 Å². The number of carbonyl (C=O) groups excluding carboxylic acids is 1. The Morgan fingerprint density at radius 2 is 2.21 bits per heavy atom. The van der Waals surface area contributed by atoms with E-state index in [0.717, 1.165) is 19.3 Å². The monoisotopic (exact) mass is 263 g/mol. The molecule has 2 unspecified atom stereocenters. The van der Waals surface area contributed by atoms with Crippen LogP contribution in [-0.4, -0.2) is 22.9 Å². The van der Waals surface area contributed by atoms with Gasteiger partial charge in [0.15, 0.2) is 0 Å². The van der Waals surface area contributed by atoms with Crippen LogP contribution in [0.3, 0.4) is 0 Å². The molecule has 1 aromatic carbocycles. The molecule has 19 heavy (non-hydrogen) atoms. The normalized spacial score (nSPS) is 22.2. The van der Waals surface area contributed by atoms with Crippen molar-refractivity contribution in [1.82, 2.24) is 5.32 Å². The maximum atomic E-state index is 12.0. The van der Waals surface area contributed by atoms with Crippen LogP contribution in [0.1, 0.15) is 35.2 Å². The summed E-state index contributed by atoms with van der Waals surface area (Å²) in [4.78, 5) is 22.4. The fourth-order valence-corrected chi connectivity index (χ4v) is 2.37. The lowest BCUT2D eigenvalue weighted by atomic mass is 10.1. The Labute approximate surface area is 111 Å². The number of amides is 1. The Morgan fingerprint density at radius 3 is 2.79 bits per heavy atom. The van der Waals surface area contributed by atoms with Gasteiger partial charge in [-0.25, -0.2) is 0 Å². The van der Waals surface area contributed by atoms with Crippen molar-refractivity contribution in [2.45, 2.75) is 38.3 Å². The zero-order valence-corrected chi connectivity index (χ0v) is 10.8. The van der Waals surface area contributed by atoms with Crippen molar-refractivity contribution in [3.63, 3.8) is 0 Å². The molecule has 3 N–H and O–H groups in total. The van der Waals surface area contributed by atoms with E-state index in [9.17, 15) is 14.9 Å². The number of hydrogen-bond donors (Lipinski definition) is 2. The summed E-state index contributed by atoms with van der Waals surface area (Å²) in [6.45, 7) is 1.65. The molecule has 2 rings (SSSR count). The number of nitro benzene ring substituents is 1. The lowest BCUT2D eigenvalue weighted by molar-refractivity contribution is -0.385. The third-order valence-electron chi connectivity index (χ3n) is 3.55. The highest BCUT2D eigenvalue weighted by Gasteiger charge is 2.26. The topological polar surface area (TPSA) is 98.3 Å². The number of aryl methyl sites for hydroxylation is 1. The molecule has 0 heterocycles. The number of nitro groups is 1. The Kier molecular flexibility index (Phi) is 3.80. The van der Waals surface area contributed by atoms with Crippen LogP contribution in [0, 0.1) is 17.0 Å². The second-order valence-corrected chi connectivity index (χ2v) is 4.93. The molecule has 1 aliphatic rings. The number of rotatable bonds is 3. The molecule has 102 valence electrons. The molecule has 1 fully saturated rings. The molecule has 6 nitrogen and oxygen atoms in total. The van der Waals surface area contributed by atoms with Crippen LogP contribution < -0.4 is 11.1 Å². The van der Waals surface area contributed by atoms with Crippen LogP contribution >= 0.6 is 0 Å². The third-order valence-corrected chi connectivity index (χ3v) is 3.55. The van der Waals surface area contributed by atoms with Gasteiger partial charge in [-0.1, -0.05) is 6.07 Å². The van der Waals surface area contributed by atoms with Gasteiger partial charge < -0.3 is 11.1 Å². The van der Waals surface area contributed by atoms with E-state index in [0.29, 0.717) is 11.1 Å². The molecule has 2 atom stereocenters. The van der Waals surface area contributed by atoms with E-state index in [-0.39, 0.29) is 23.7 Å². The second kappa shape index (κ2) is 5.36. The minimum Gasteiger partial charge on any atom is -0.348 e. The first-order chi connectivity index (χ1) is 8.99. The van der Waals surface area contributed by atoms with Gasteiger partial charge in [-0.2, -0.15) is 0 Å². The lowest BCUT2D eigenvalue weighted by Gasteiger charge is -2.17. The van der Waals surface area contributed by atoms with Gasteiger partial charge in [-0.15, -0.1) is 0 Å². The lowest BCUT2D eigenvalue weighted by Crippen LogP contribution is -2.43. The molecule has 0 aliphatic heterocycles. The molecule has 0 spiro atoms. The van der Waals surface area contributed by atoms with Gasteiger partial charge in [0.05, 0.1) is 4.92 Å². The van der Waals surface area contributed by atoms with Crippen LogP contribution in [0.5, 0.6) is 0 Å². The molecular weight excluding hydrogens is 246 g/mol. The minimum atomic E-state index is -0.479. The summed E-state index contributed by atoms with van der Waals surface area (Å²) >= 11 is 0. The Hall–Kier alpha value is -1.95. The average Bonchev–Trinajstić information content (AvgIpc) is 2.75. The van der Waals surface area contributed by atoms with Crippen molar-refractivity contribution in [2.24, 2.45) is 5.73 Å². The number of carbonyl (C=O) groups is 1. The summed E-state index contributed by atoms with van der Waals surface area (Å²) < 4.78 is 0. The number of hydrogen-bond acceptors (Lipinski definition) is 4. The van der Waals surface area contributed by atoms with Gasteiger partial charge in [-0.05, 0) is 32.3 Å². The second-order valence-electron chi connectivity index (χ2n) is 4.93. The van der Waals surface area contributed by atoms with E-state index in [1.165, 1.54) is 6.07 Å². The Bertz CT molecular complexity index is 516. The van der Waals surface area contributed by atoms with Gasteiger partial charge in [0.25, 0.3) is 11.6 Å². The maximum absolute atomic E-state index is 12.0. The Balaban J connectivity index is 2.15. The van der Waals surface area contributed by atoms with Gasteiger partial charge in [0.1, 0.15) is 0 Å². The summed E-state index contributed by atoms with van der Waals surface area (Å²) in [6, 6.07) is 4.43. The molecule has 0 bridgehead atoms. The van der Waals surface area contributed by atoms with E-state index in [4.69, 9.17) is 5.73 Å². The number of nitrogens with two attached hydrogens (primary N) is 1. The predicted octanol–water partition coefficient (Wildman–Crippen LogP) is 1.51. The standard InChI is InChI=1S/C13H17N3O3/c1-8-5-6-9(7-12(8)16(18)19)13(17)15-11-4-2-3-10(11)14/h5-7,10-11H,2-4,14H2,1H3,(H,15,17). The molecule has 1 amide bonds. The van der Waals surface area contributed by atoms with Gasteiger partial charge in [-0.3, -0.25) is 14.9 Å². The summed E-state index contributed by atoms with van der Waals surface area (Å²) in [5, 5.41) is 13.7. The van der Waals surface area contributed by atoms with Crippen molar-refractivity contribution >= 4 is 11.6 Å². The molecule has 1 aliphatic carbocycles. The van der Waals surface area contributed by atoms with Crippen LogP contribution in [0.2, 0.25) is 0 Å². The third kappa shape index (κ3) is 2.90. The fraction of sp³-hybridized carbons (Fsp3) is 0.462. The van der Waals surface area contributed by atoms with Crippen molar-refractivity contribution in [3.8, 4) is 0 Å². The van der Waals surface area contributed by atoms with Crippen LogP contribution in [0.4, 0.5) is 5.69 Å². The highest BCUT2D eigenvalue weighted by atomic mass is 16.6. The fourth-order valence-electron chi connectivity index (χ4n) is 2.37. The molecule has 0 aromatic heterocycles. The largest absolute Gasteiger partial charge is 0.348 e. The first-order valence-electron chi connectivity index (χ1n) is 6.30. The molecular formula is C13H17N3O3. The van der Waals surface area contributed by atoms with Gasteiger partial charge in [0.2, 0.25) is 0 Å². The molecule has 1 saturated carbocycles. The summed E-state index contributed by atoms with van der Waals surface area (Å²) in [6.07, 6.45) is 2.76. The zero-order chi connectivity index (χ0) is 14.0. The number of nitrogens with one attached hydrogen (secondary N) is 1. The minimum absolute atomic E-state index is 0.0237. The maximum Gasteiger partial charge on any atom is 0.273 e. The van der Waals surface area contributed by atoms with Crippen molar-refractivity contribution < 1.29 is 9.72 Å². The quantitative estimate of drug-likeness (QED) is 0.638. The SMILES string of the molecule is Cc1ccc(C(=O)NC2CCCC2N)cc1[N+](=O)[O-]. The molecule has 1 aromatic rings. The number of benzene rings is 1. The average molecular weight is 263 g/mol. The number of nitrogens with zero attached hydrogens (tertiary/aromatic N) is 1. The smallest absolute Gasteiger partial charge is 0.273 e. The first-order valence-corrected chi connectivity index (χ1v) is 6.30. The van der Waals surface area contributed by atoms with Crippen molar-refractivity contribution in [1.29, 1.82) is 0 Å². The summed E-state index contributed by atoms with van der Waals surface area (Å²) in [5.41, 5.74) is 6.69. The van der Waals surface area contributed by atoms with E-state index < -0.39 is 4.92 Å². The molecule has 0 saturated heterocycles. The highest BCUT2D eigenvalue weighted by Crippen LogP contribution is 2.21. The zero-order valence-electron chi connectivity index (χ0n) is 10.8. The summed E-state index contributed by atoms with van der Waals surface area (Å²) in [7, 11) is 0. The van der Waals surface area contributed by atoms with Crippen LogP contribution in [-0.2, 0) is 0 Å². The predicted molar refractivity (Wildman–Crippen MR) is 70.9 cm³/mol. The van der Waals surface area contributed by atoms with Crippen LogP contribution in [0.25, 0.3) is 0 Å².